The summed E-state index contributed by atoms with van der Waals surface area (Å²) < 4.78 is 0. The molecule has 0 aliphatic carbocycles. The topological polar surface area (TPSA) is 124 Å². The number of carbonyl (C=O) groups is 3. The first kappa shape index (κ1) is 15.8. The average Bonchev–Trinajstić information content (AvgIpc) is 2.02. The van der Waals surface area contributed by atoms with Crippen LogP contribution in [0.4, 0.5) is 0 Å². The van der Waals surface area contributed by atoms with E-state index in [4.69, 9.17) is 10.4 Å². The number of carbonyl (C=O) groups excluding carboxylic acids is 2. The number of rotatable bonds is 5. The van der Waals surface area contributed by atoms with Crippen molar-refractivity contribution in [2.24, 2.45) is 5.92 Å². The van der Waals surface area contributed by atoms with Gasteiger partial charge in [-0.05, 0) is 0 Å². The van der Waals surface area contributed by atoms with Gasteiger partial charge in [0.2, 0.25) is 0 Å². The molecule has 0 aliphatic heterocycles. The van der Waals surface area contributed by atoms with Crippen molar-refractivity contribution in [3.05, 3.63) is 0 Å². The minimum absolute atomic E-state index is 0. The van der Waals surface area contributed by atoms with Crippen LogP contribution in [-0.4, -0.2) is 28.3 Å². The van der Waals surface area contributed by atoms with Crippen molar-refractivity contribution in [3.8, 4) is 0 Å². The Morgan fingerprint density at radius 1 is 1.29 bits per heavy atom. The molecule has 7 nitrogen and oxygen atoms in total. The Labute approximate surface area is 101 Å². The quantitative estimate of drug-likeness (QED) is 0.267. The van der Waals surface area contributed by atoms with Gasteiger partial charge in [-0.25, -0.2) is 4.79 Å². The average molecular weight is 214 g/mol. The Kier molecular flexibility index (Phi) is 8.75. The van der Waals surface area contributed by atoms with Crippen molar-refractivity contribution in [1.82, 2.24) is 0 Å². The van der Waals surface area contributed by atoms with E-state index in [-0.39, 0.29) is 29.6 Å². The molecule has 14 heavy (non-hydrogen) atoms. The van der Waals surface area contributed by atoms with Crippen molar-refractivity contribution in [3.63, 3.8) is 0 Å². The van der Waals surface area contributed by atoms with Crippen molar-refractivity contribution in [1.29, 1.82) is 0 Å². The Hall–Kier alpha value is -0.630. The molecule has 0 aliphatic rings. The molecule has 0 aromatic rings. The van der Waals surface area contributed by atoms with Gasteiger partial charge in [0.05, 0.1) is 12.3 Å². The molecule has 2 N–H and O–H groups in total. The third-order valence-corrected chi connectivity index (χ3v) is 1.28. The summed E-state index contributed by atoms with van der Waals surface area (Å²) in [7, 11) is 0. The van der Waals surface area contributed by atoms with Crippen LogP contribution in [0.3, 0.4) is 0 Å². The van der Waals surface area contributed by atoms with Crippen LogP contribution in [0.15, 0.2) is 0 Å². The minimum Gasteiger partial charge on any atom is -0.550 e. The number of hydrogen-bond acceptors (Lipinski definition) is 6. The van der Waals surface area contributed by atoms with Gasteiger partial charge in [-0.1, -0.05) is 0 Å². The van der Waals surface area contributed by atoms with Crippen molar-refractivity contribution in [2.75, 3.05) is 0 Å². The molecule has 0 saturated heterocycles. The third-order valence-electron chi connectivity index (χ3n) is 1.28. The largest absolute Gasteiger partial charge is 1.00 e. The number of carboxylic acids is 2. The SMILES string of the molecule is O=C([O-])CC(CC(=O)OO)C(=O)O.[Na+]. The van der Waals surface area contributed by atoms with E-state index in [2.05, 4.69) is 4.89 Å². The summed E-state index contributed by atoms with van der Waals surface area (Å²) in [6.07, 6.45) is -1.51. The zero-order valence-corrected chi connectivity index (χ0v) is 9.43. The standard InChI is InChI=1S/C6H8O7.Na/c7-4(8)1-3(6(10)11)2-5(9)13-12;/h3,12H,1-2H2,(H,7,8)(H,10,11);/q;+1/p-1. The van der Waals surface area contributed by atoms with Gasteiger partial charge in [0.1, 0.15) is 0 Å². The van der Waals surface area contributed by atoms with E-state index in [9.17, 15) is 19.5 Å². The van der Waals surface area contributed by atoms with Crippen LogP contribution in [0, 0.1) is 5.92 Å². The number of hydrogen-bond donors (Lipinski definition) is 2. The molecule has 0 heterocycles. The summed E-state index contributed by atoms with van der Waals surface area (Å²) in [4.78, 5) is 33.9. The van der Waals surface area contributed by atoms with Crippen LogP contribution >= 0.6 is 0 Å². The second-order valence-electron chi connectivity index (χ2n) is 2.28. The van der Waals surface area contributed by atoms with Crippen molar-refractivity contribution >= 4 is 17.9 Å². The van der Waals surface area contributed by atoms with Gasteiger partial charge in [0.25, 0.3) is 0 Å². The monoisotopic (exact) mass is 214 g/mol. The zero-order valence-electron chi connectivity index (χ0n) is 7.43. The third kappa shape index (κ3) is 6.84. The van der Waals surface area contributed by atoms with Gasteiger partial charge in [0, 0.05) is 12.4 Å². The first-order chi connectivity index (χ1) is 5.97. The van der Waals surface area contributed by atoms with E-state index in [1.165, 1.54) is 0 Å². The molecule has 0 bridgehead atoms. The van der Waals surface area contributed by atoms with Crippen LogP contribution in [-0.2, 0) is 19.3 Å². The molecular formula is C6H7NaO7. The van der Waals surface area contributed by atoms with Crippen LogP contribution in [0.1, 0.15) is 12.8 Å². The molecule has 1 unspecified atom stereocenters. The molecule has 0 aromatic carbocycles. The maximum atomic E-state index is 10.4. The van der Waals surface area contributed by atoms with E-state index in [0.29, 0.717) is 0 Å². The molecule has 0 rings (SSSR count). The zero-order chi connectivity index (χ0) is 10.4. The molecule has 1 atom stereocenters. The van der Waals surface area contributed by atoms with Crippen LogP contribution < -0.4 is 34.7 Å². The van der Waals surface area contributed by atoms with E-state index < -0.39 is 36.7 Å². The van der Waals surface area contributed by atoms with Gasteiger partial charge in [-0.2, -0.15) is 5.26 Å². The van der Waals surface area contributed by atoms with Crippen LogP contribution in [0.2, 0.25) is 0 Å². The first-order valence-electron chi connectivity index (χ1n) is 3.24. The fraction of sp³-hybridized carbons (Fsp3) is 0.500. The smallest absolute Gasteiger partial charge is 0.550 e. The summed E-state index contributed by atoms with van der Waals surface area (Å²) in [6.45, 7) is 0. The maximum Gasteiger partial charge on any atom is 1.00 e. The van der Waals surface area contributed by atoms with Gasteiger partial charge in [-0.3, -0.25) is 4.79 Å². The fourth-order valence-electron chi connectivity index (χ4n) is 0.686. The molecule has 8 heteroatoms. The number of aliphatic carboxylic acids is 2. The van der Waals surface area contributed by atoms with Gasteiger partial charge >= 0.3 is 41.5 Å². The van der Waals surface area contributed by atoms with E-state index >= 15 is 0 Å². The van der Waals surface area contributed by atoms with Crippen molar-refractivity contribution < 1.29 is 64.3 Å². The Morgan fingerprint density at radius 3 is 2.07 bits per heavy atom. The minimum atomic E-state index is -1.59. The molecule has 0 spiro atoms. The molecule has 0 aromatic heterocycles. The second kappa shape index (κ2) is 7.74. The molecule has 0 amide bonds. The van der Waals surface area contributed by atoms with Gasteiger partial charge in [0.15, 0.2) is 0 Å². The number of carboxylic acid groups (broad SMARTS) is 2. The predicted molar refractivity (Wildman–Crippen MR) is 34.1 cm³/mol. The second-order valence-corrected chi connectivity index (χ2v) is 2.28. The van der Waals surface area contributed by atoms with E-state index in [0.717, 1.165) is 0 Å². The van der Waals surface area contributed by atoms with Crippen molar-refractivity contribution in [2.45, 2.75) is 12.8 Å². The summed E-state index contributed by atoms with van der Waals surface area (Å²) in [5.74, 6) is -5.69. The van der Waals surface area contributed by atoms with E-state index in [1.807, 2.05) is 0 Å². The summed E-state index contributed by atoms with van der Waals surface area (Å²) in [5, 5.41) is 26.2. The van der Waals surface area contributed by atoms with Crippen LogP contribution in [0.5, 0.6) is 0 Å². The first-order valence-corrected chi connectivity index (χ1v) is 3.24. The van der Waals surface area contributed by atoms with Crippen LogP contribution in [0.25, 0.3) is 0 Å². The Morgan fingerprint density at radius 2 is 1.79 bits per heavy atom. The maximum absolute atomic E-state index is 10.4. The molecule has 0 fully saturated rings. The van der Waals surface area contributed by atoms with E-state index in [1.54, 1.807) is 0 Å². The Bertz CT molecular complexity index is 226. The molecule has 0 radical (unpaired) electrons. The summed E-state index contributed by atoms with van der Waals surface area (Å²) >= 11 is 0. The molecule has 74 valence electrons. The predicted octanol–water partition coefficient (Wildman–Crippen LogP) is -4.76. The fourth-order valence-corrected chi connectivity index (χ4v) is 0.686. The summed E-state index contributed by atoms with van der Waals surface area (Å²) in [5.41, 5.74) is 0. The Balaban J connectivity index is 0. The van der Waals surface area contributed by atoms with Gasteiger partial charge in [-0.15, -0.1) is 0 Å². The molecular weight excluding hydrogens is 207 g/mol. The van der Waals surface area contributed by atoms with Gasteiger partial charge < -0.3 is 19.9 Å². The summed E-state index contributed by atoms with van der Waals surface area (Å²) in [6, 6.07) is 0. The normalized spacial score (nSPS) is 10.9. The molecule has 0 saturated carbocycles.